The molecule has 0 atom stereocenters. The van der Waals surface area contributed by atoms with Crippen molar-refractivity contribution in [1.29, 1.82) is 0 Å². The van der Waals surface area contributed by atoms with Crippen LogP contribution in [0.1, 0.15) is 100 Å². The summed E-state index contributed by atoms with van der Waals surface area (Å²) in [5, 5.41) is 0. The molecule has 2 heterocycles. The molecule has 2 nitrogen and oxygen atoms in total. The molecule has 298 valence electrons. The van der Waals surface area contributed by atoms with Gasteiger partial charge in [0.1, 0.15) is 0 Å². The molecule has 9 rings (SSSR count). The molecule has 2 aliphatic carbocycles. The average Bonchev–Trinajstić information content (AvgIpc) is 3.77. The van der Waals surface area contributed by atoms with Crippen molar-refractivity contribution in [3.8, 4) is 44.8 Å². The number of aromatic nitrogens is 2. The Kier molecular flexibility index (Phi) is 10.6. The normalized spacial score (nSPS) is 14.5. The molecule has 2 aromatic heterocycles. The Morgan fingerprint density at radius 1 is 0.475 bits per heavy atom. The van der Waals surface area contributed by atoms with Crippen molar-refractivity contribution in [2.45, 2.75) is 97.3 Å². The van der Waals surface area contributed by atoms with Crippen LogP contribution >= 0.6 is 0 Å². The number of nitrogens with zero attached hydrogens (tertiary/aromatic N) is 2. The van der Waals surface area contributed by atoms with Crippen LogP contribution in [0.5, 0.6) is 0 Å². The molecule has 0 unspecified atom stereocenters. The predicted octanol–water partition coefficient (Wildman–Crippen LogP) is 13.5. The van der Waals surface area contributed by atoms with E-state index in [9.17, 15) is 0 Å². The largest absolute Gasteiger partial charge is 2.00 e. The summed E-state index contributed by atoms with van der Waals surface area (Å²) in [6.45, 7) is 18.3. The third-order valence-corrected chi connectivity index (χ3v) is 12.8. The van der Waals surface area contributed by atoms with Crippen molar-refractivity contribution in [2.75, 3.05) is 0 Å². The number of pyridine rings is 2. The number of rotatable bonds is 6. The molecular formula is C56H54N2Pt. The van der Waals surface area contributed by atoms with E-state index in [0.717, 1.165) is 45.9 Å². The van der Waals surface area contributed by atoms with Crippen molar-refractivity contribution in [3.05, 3.63) is 190 Å². The third kappa shape index (κ3) is 7.94. The van der Waals surface area contributed by atoms with Gasteiger partial charge < -0.3 is 9.97 Å². The Balaban J connectivity index is 0.00000484. The fourth-order valence-electron chi connectivity index (χ4n) is 9.47. The van der Waals surface area contributed by atoms with E-state index >= 15 is 0 Å². The predicted molar refractivity (Wildman–Crippen MR) is 241 cm³/mol. The Labute approximate surface area is 366 Å². The van der Waals surface area contributed by atoms with Gasteiger partial charge >= 0.3 is 21.1 Å². The van der Waals surface area contributed by atoms with Gasteiger partial charge in [-0.3, -0.25) is 0 Å². The van der Waals surface area contributed by atoms with Crippen molar-refractivity contribution in [3.63, 3.8) is 0 Å². The first kappa shape index (κ1) is 40.8. The van der Waals surface area contributed by atoms with Crippen molar-refractivity contribution >= 4 is 0 Å². The van der Waals surface area contributed by atoms with Crippen molar-refractivity contribution < 1.29 is 21.1 Å². The molecule has 2 aliphatic rings. The molecule has 0 bridgehead atoms. The number of hydrogen-bond acceptors (Lipinski definition) is 2. The minimum Gasteiger partial charge on any atom is -0.300 e. The molecular weight excluding hydrogens is 896 g/mol. The molecule has 1 spiro atoms. The van der Waals surface area contributed by atoms with Crippen molar-refractivity contribution in [1.82, 2.24) is 9.97 Å². The van der Waals surface area contributed by atoms with Crippen LogP contribution in [-0.2, 0) is 63.0 Å². The SMILES string of the molecule is CC(C)(C)c1ccc(-c2cc(-c3[c-]cccc3)nc(C(C)(C)c3cccc(-c4[c-]ccc(-c5ccc6c(c5)CC5(Cc7ccccc7C5)C6)c4)n3)c2)c(C(C)(C)C)c1.[Pt+2]. The minimum absolute atomic E-state index is 0. The van der Waals surface area contributed by atoms with Gasteiger partial charge in [-0.05, 0) is 129 Å². The summed E-state index contributed by atoms with van der Waals surface area (Å²) in [6, 6.07) is 55.8. The van der Waals surface area contributed by atoms with Gasteiger partial charge in [-0.25, -0.2) is 0 Å². The molecule has 7 aromatic rings. The Bertz CT molecular complexity index is 2650. The van der Waals surface area contributed by atoms with Crippen LogP contribution in [-0.4, -0.2) is 9.97 Å². The van der Waals surface area contributed by atoms with Crippen LogP contribution < -0.4 is 0 Å². The van der Waals surface area contributed by atoms with Gasteiger partial charge in [0.05, 0.1) is 0 Å². The van der Waals surface area contributed by atoms with Gasteiger partial charge in [-0.2, -0.15) is 0 Å². The second-order valence-electron chi connectivity index (χ2n) is 19.6. The molecule has 0 fully saturated rings. The molecule has 0 N–H and O–H groups in total. The fraction of sp³-hybridized carbons (Fsp3) is 0.286. The fourth-order valence-corrected chi connectivity index (χ4v) is 9.47. The van der Waals surface area contributed by atoms with Crippen LogP contribution in [0.3, 0.4) is 0 Å². The van der Waals surface area contributed by atoms with Crippen LogP contribution in [0.25, 0.3) is 44.8 Å². The number of hydrogen-bond donors (Lipinski definition) is 0. The molecule has 59 heavy (non-hydrogen) atoms. The quantitative estimate of drug-likeness (QED) is 0.155. The maximum absolute atomic E-state index is 5.37. The number of fused-ring (bicyclic) bond motifs is 2. The Morgan fingerprint density at radius 3 is 1.83 bits per heavy atom. The summed E-state index contributed by atoms with van der Waals surface area (Å²) >= 11 is 0. The van der Waals surface area contributed by atoms with Gasteiger partial charge in [0.2, 0.25) is 0 Å². The van der Waals surface area contributed by atoms with Crippen LogP contribution in [0.2, 0.25) is 0 Å². The zero-order valence-electron chi connectivity index (χ0n) is 35.7. The molecule has 5 aromatic carbocycles. The topological polar surface area (TPSA) is 25.8 Å². The molecule has 0 aliphatic heterocycles. The van der Waals surface area contributed by atoms with E-state index < -0.39 is 5.41 Å². The van der Waals surface area contributed by atoms with Crippen LogP contribution in [0.15, 0.2) is 133 Å². The summed E-state index contributed by atoms with van der Waals surface area (Å²) in [7, 11) is 0. The van der Waals surface area contributed by atoms with E-state index in [1.54, 1.807) is 0 Å². The second-order valence-corrected chi connectivity index (χ2v) is 19.6. The first-order valence-electron chi connectivity index (χ1n) is 21.0. The van der Waals surface area contributed by atoms with E-state index in [1.807, 2.05) is 12.1 Å². The second kappa shape index (κ2) is 15.3. The maximum Gasteiger partial charge on any atom is 2.00 e. The van der Waals surface area contributed by atoms with Gasteiger partial charge in [0, 0.05) is 16.8 Å². The molecule has 0 radical (unpaired) electrons. The summed E-state index contributed by atoms with van der Waals surface area (Å²) < 4.78 is 0. The summed E-state index contributed by atoms with van der Waals surface area (Å²) in [5.41, 5.74) is 19.2. The molecule has 0 amide bonds. The summed E-state index contributed by atoms with van der Waals surface area (Å²) in [5.74, 6) is 0. The Morgan fingerprint density at radius 2 is 1.14 bits per heavy atom. The van der Waals surface area contributed by atoms with E-state index in [2.05, 4.69) is 189 Å². The maximum atomic E-state index is 5.37. The summed E-state index contributed by atoms with van der Waals surface area (Å²) in [4.78, 5) is 10.7. The smallest absolute Gasteiger partial charge is 0.300 e. The molecule has 0 saturated heterocycles. The van der Waals surface area contributed by atoms with Gasteiger partial charge in [-0.1, -0.05) is 120 Å². The van der Waals surface area contributed by atoms with E-state index in [-0.39, 0.29) is 31.9 Å². The van der Waals surface area contributed by atoms with Crippen LogP contribution in [0.4, 0.5) is 0 Å². The zero-order valence-corrected chi connectivity index (χ0v) is 38.0. The van der Waals surface area contributed by atoms with E-state index in [4.69, 9.17) is 9.97 Å². The van der Waals surface area contributed by atoms with Gasteiger partial charge in [-0.15, -0.1) is 71.3 Å². The molecule has 3 heteroatoms. The number of benzene rings is 5. The molecule has 0 saturated carbocycles. The van der Waals surface area contributed by atoms with E-state index in [1.165, 1.54) is 69.3 Å². The first-order chi connectivity index (χ1) is 27.6. The average molecular weight is 950 g/mol. The minimum atomic E-state index is -0.504. The Hall–Kier alpha value is -4.91. The monoisotopic (exact) mass is 949 g/mol. The standard InChI is InChI=1S/C56H54N2.Pt/c1-53(2,3)46-26-27-47(48(32-46)54(4,5)6)44-30-50(37-16-10-9-11-17-37)58-52(31-44)55(7,8)51-23-15-22-49(57-51)40-21-14-20-38(28-40)39-24-25-43-35-56(36-45(43)29-39)33-41-18-12-13-19-42(41)34-56;/h9-16,18-20,22-32H,33-36H2,1-8H3;/q-2;+2. The van der Waals surface area contributed by atoms with Crippen molar-refractivity contribution in [2.24, 2.45) is 5.41 Å². The summed E-state index contributed by atoms with van der Waals surface area (Å²) in [6.07, 6.45) is 4.69. The van der Waals surface area contributed by atoms with Gasteiger partial charge in [0.25, 0.3) is 0 Å². The zero-order chi connectivity index (χ0) is 40.5. The van der Waals surface area contributed by atoms with Crippen LogP contribution in [0, 0.1) is 17.5 Å². The van der Waals surface area contributed by atoms with E-state index in [0.29, 0.717) is 5.41 Å². The first-order valence-corrected chi connectivity index (χ1v) is 21.0. The third-order valence-electron chi connectivity index (χ3n) is 12.8. The van der Waals surface area contributed by atoms with Gasteiger partial charge in [0.15, 0.2) is 0 Å².